The van der Waals surface area contributed by atoms with Gasteiger partial charge in [0.05, 0.1) is 17.6 Å². The summed E-state index contributed by atoms with van der Waals surface area (Å²) in [4.78, 5) is 16.4. The van der Waals surface area contributed by atoms with Gasteiger partial charge in [-0.05, 0) is 56.2 Å². The van der Waals surface area contributed by atoms with Crippen LogP contribution < -0.4 is 5.32 Å². The van der Waals surface area contributed by atoms with Gasteiger partial charge in [0.15, 0.2) is 17.3 Å². The van der Waals surface area contributed by atoms with E-state index in [9.17, 15) is 4.79 Å². The second-order valence-electron chi connectivity index (χ2n) is 6.06. The fourth-order valence-corrected chi connectivity index (χ4v) is 3.14. The van der Waals surface area contributed by atoms with Crippen LogP contribution in [0.3, 0.4) is 0 Å². The third-order valence-corrected chi connectivity index (χ3v) is 4.86. The average molecular weight is 380 g/mol. The molecule has 0 unspecified atom stereocenters. The number of furan rings is 1. The fraction of sp³-hybridized carbons (Fsp3) is 0.167. The number of hydrogen-bond donors (Lipinski definition) is 1. The molecule has 0 radical (unpaired) electrons. The lowest BCUT2D eigenvalue weighted by atomic mass is 10.1. The summed E-state index contributed by atoms with van der Waals surface area (Å²) in [6.45, 7) is 6.03. The molecule has 0 aliphatic rings. The van der Waals surface area contributed by atoms with Crippen molar-refractivity contribution in [1.82, 2.24) is 24.4 Å². The molecule has 0 aliphatic carbocycles. The lowest BCUT2D eigenvalue weighted by Crippen LogP contribution is -2.10. The molecule has 3 heterocycles. The van der Waals surface area contributed by atoms with Gasteiger partial charge < -0.3 is 4.42 Å². The molecule has 1 aromatic carbocycles. The molecule has 1 amide bonds. The van der Waals surface area contributed by atoms with E-state index >= 15 is 0 Å². The highest BCUT2D eigenvalue weighted by molar-refractivity contribution is 7.10. The molecule has 0 aliphatic heterocycles. The van der Waals surface area contributed by atoms with Gasteiger partial charge >= 0.3 is 0 Å². The van der Waals surface area contributed by atoms with Crippen LogP contribution in [0, 0.1) is 20.8 Å². The van der Waals surface area contributed by atoms with Crippen LogP contribution in [0.1, 0.15) is 27.4 Å². The molecule has 4 rings (SSSR count). The number of carbonyl (C=O) groups excluding carboxylic acids is 1. The third-order valence-electron chi connectivity index (χ3n) is 4.23. The van der Waals surface area contributed by atoms with Gasteiger partial charge in [0.2, 0.25) is 5.13 Å². The van der Waals surface area contributed by atoms with Crippen LogP contribution in [-0.2, 0) is 0 Å². The molecule has 0 bridgehead atoms. The summed E-state index contributed by atoms with van der Waals surface area (Å²) < 4.78 is 11.1. The number of nitrogens with one attached hydrogen (secondary N) is 1. The van der Waals surface area contributed by atoms with Crippen LogP contribution >= 0.6 is 11.5 Å². The van der Waals surface area contributed by atoms with Crippen LogP contribution in [0.25, 0.3) is 17.2 Å². The van der Waals surface area contributed by atoms with E-state index in [0.717, 1.165) is 22.9 Å². The van der Waals surface area contributed by atoms with E-state index in [1.165, 1.54) is 17.4 Å². The van der Waals surface area contributed by atoms with Gasteiger partial charge in [-0.3, -0.25) is 10.1 Å². The highest BCUT2D eigenvalue weighted by atomic mass is 32.1. The molecule has 0 spiro atoms. The third kappa shape index (κ3) is 3.24. The Bertz CT molecular complexity index is 1110. The SMILES string of the molecule is Cc1ccc(-n2nnc(-c3nsc(NC(=O)c4ccco4)n3)c2C)cc1C. The number of carbonyl (C=O) groups is 1. The van der Waals surface area contributed by atoms with E-state index < -0.39 is 0 Å². The number of benzene rings is 1. The van der Waals surface area contributed by atoms with Crippen molar-refractivity contribution < 1.29 is 9.21 Å². The quantitative estimate of drug-likeness (QED) is 0.581. The lowest BCUT2D eigenvalue weighted by Gasteiger charge is -2.06. The highest BCUT2D eigenvalue weighted by Crippen LogP contribution is 2.24. The minimum atomic E-state index is -0.377. The molecule has 27 heavy (non-hydrogen) atoms. The van der Waals surface area contributed by atoms with Crippen LogP contribution in [0.2, 0.25) is 0 Å². The van der Waals surface area contributed by atoms with Crippen molar-refractivity contribution in [1.29, 1.82) is 0 Å². The first-order chi connectivity index (χ1) is 13.0. The van der Waals surface area contributed by atoms with Gasteiger partial charge in [-0.1, -0.05) is 11.3 Å². The number of anilines is 1. The minimum Gasteiger partial charge on any atom is -0.459 e. The molecule has 8 nitrogen and oxygen atoms in total. The minimum absolute atomic E-state index is 0.212. The van der Waals surface area contributed by atoms with E-state index in [4.69, 9.17) is 4.42 Å². The lowest BCUT2D eigenvalue weighted by molar-refractivity contribution is 0.0996. The number of nitrogens with zero attached hydrogens (tertiary/aromatic N) is 5. The molecule has 9 heteroatoms. The predicted octanol–water partition coefficient (Wildman–Crippen LogP) is 3.56. The Balaban J connectivity index is 1.60. The average Bonchev–Trinajstić information content (AvgIpc) is 3.38. The van der Waals surface area contributed by atoms with Crippen LogP contribution in [0.15, 0.2) is 41.0 Å². The molecule has 0 fully saturated rings. The zero-order valence-electron chi connectivity index (χ0n) is 14.9. The monoisotopic (exact) mass is 380 g/mol. The first-order valence-electron chi connectivity index (χ1n) is 8.22. The molecule has 3 aromatic heterocycles. The predicted molar refractivity (Wildman–Crippen MR) is 101 cm³/mol. The van der Waals surface area contributed by atoms with E-state index in [1.807, 2.05) is 13.0 Å². The van der Waals surface area contributed by atoms with Crippen LogP contribution in [0.5, 0.6) is 0 Å². The molecule has 4 aromatic rings. The highest BCUT2D eigenvalue weighted by Gasteiger charge is 2.18. The molecule has 136 valence electrons. The Morgan fingerprint density at radius 2 is 2.04 bits per heavy atom. The van der Waals surface area contributed by atoms with Crippen molar-refractivity contribution in [2.24, 2.45) is 0 Å². The Morgan fingerprint density at radius 3 is 2.78 bits per heavy atom. The summed E-state index contributed by atoms with van der Waals surface area (Å²) in [5.41, 5.74) is 4.72. The van der Waals surface area contributed by atoms with Crippen molar-refractivity contribution in [3.8, 4) is 17.2 Å². The van der Waals surface area contributed by atoms with E-state index in [2.05, 4.69) is 51.0 Å². The van der Waals surface area contributed by atoms with Gasteiger partial charge in [-0.25, -0.2) is 4.68 Å². The molecule has 0 saturated carbocycles. The number of aryl methyl sites for hydroxylation is 2. The summed E-state index contributed by atoms with van der Waals surface area (Å²) in [6.07, 6.45) is 1.44. The fourth-order valence-electron chi connectivity index (χ4n) is 2.58. The van der Waals surface area contributed by atoms with Crippen molar-refractivity contribution >= 4 is 22.6 Å². The molecule has 1 N–H and O–H groups in total. The zero-order chi connectivity index (χ0) is 19.0. The Labute approximate surface area is 159 Å². The van der Waals surface area contributed by atoms with Gasteiger partial charge in [-0.2, -0.15) is 9.36 Å². The van der Waals surface area contributed by atoms with Crippen LogP contribution in [-0.4, -0.2) is 30.3 Å². The molecule has 0 atom stereocenters. The summed E-state index contributed by atoms with van der Waals surface area (Å²) in [7, 11) is 0. The second-order valence-corrected chi connectivity index (χ2v) is 6.81. The summed E-state index contributed by atoms with van der Waals surface area (Å²) in [6, 6.07) is 9.34. The van der Waals surface area contributed by atoms with E-state index in [1.54, 1.807) is 16.8 Å². The van der Waals surface area contributed by atoms with Gasteiger partial charge in [0.25, 0.3) is 5.91 Å². The topological polar surface area (TPSA) is 98.7 Å². The molecular formula is C18H16N6O2S. The maximum atomic E-state index is 12.0. The van der Waals surface area contributed by atoms with E-state index in [0.29, 0.717) is 16.6 Å². The van der Waals surface area contributed by atoms with E-state index in [-0.39, 0.29) is 11.7 Å². The standard InChI is InChI=1S/C18H16N6O2S/c1-10-6-7-13(9-11(10)2)24-12(3)15(21-23-24)16-19-18(27-22-16)20-17(25)14-5-4-8-26-14/h4-9H,1-3H3,(H,19,20,22,25). The van der Waals surface area contributed by atoms with Gasteiger partial charge in [-0.15, -0.1) is 5.10 Å². The number of aromatic nitrogens is 5. The van der Waals surface area contributed by atoms with Crippen LogP contribution in [0.4, 0.5) is 5.13 Å². The number of rotatable bonds is 4. The van der Waals surface area contributed by atoms with Gasteiger partial charge in [0.1, 0.15) is 0 Å². The summed E-state index contributed by atoms with van der Waals surface area (Å²) >= 11 is 1.08. The first-order valence-corrected chi connectivity index (χ1v) is 8.99. The van der Waals surface area contributed by atoms with Crippen molar-refractivity contribution in [2.75, 3.05) is 5.32 Å². The summed E-state index contributed by atoms with van der Waals surface area (Å²) in [5.74, 6) is 0.254. The Hall–Kier alpha value is -3.33. The Kier molecular flexibility index (Phi) is 4.28. The number of hydrogen-bond acceptors (Lipinski definition) is 7. The van der Waals surface area contributed by atoms with Crippen molar-refractivity contribution in [3.05, 3.63) is 59.2 Å². The maximum absolute atomic E-state index is 12.0. The Morgan fingerprint density at radius 1 is 1.19 bits per heavy atom. The van der Waals surface area contributed by atoms with Crippen molar-refractivity contribution in [2.45, 2.75) is 20.8 Å². The molecule has 0 saturated heterocycles. The van der Waals surface area contributed by atoms with Crippen molar-refractivity contribution in [3.63, 3.8) is 0 Å². The summed E-state index contributed by atoms with van der Waals surface area (Å²) in [5, 5.41) is 11.5. The first kappa shape index (κ1) is 17.1. The number of amides is 1. The largest absolute Gasteiger partial charge is 0.459 e. The second kappa shape index (κ2) is 6.76. The normalized spacial score (nSPS) is 10.9. The maximum Gasteiger partial charge on any atom is 0.293 e. The smallest absolute Gasteiger partial charge is 0.293 e. The zero-order valence-corrected chi connectivity index (χ0v) is 15.7. The molecular weight excluding hydrogens is 364 g/mol. The van der Waals surface area contributed by atoms with Gasteiger partial charge in [0, 0.05) is 11.5 Å².